The van der Waals surface area contributed by atoms with Crippen LogP contribution in [0.5, 0.6) is 34.5 Å². The van der Waals surface area contributed by atoms with Gasteiger partial charge in [0, 0.05) is 39.3 Å². The summed E-state index contributed by atoms with van der Waals surface area (Å²) in [5, 5.41) is 22.6. The zero-order valence-electron chi connectivity index (χ0n) is 53.5. The van der Waals surface area contributed by atoms with Crippen LogP contribution < -0.4 is 60.3 Å². The number of hydrogen-bond acceptors (Lipinski definition) is 12. The third-order valence-corrected chi connectivity index (χ3v) is 15.0. The summed E-state index contributed by atoms with van der Waals surface area (Å²) in [6.07, 6.45) is 28.2. The second-order valence-corrected chi connectivity index (χ2v) is 22.1. The van der Waals surface area contributed by atoms with Crippen molar-refractivity contribution in [3.63, 3.8) is 0 Å². The molecule has 6 N–H and O–H groups in total. The quantitative estimate of drug-likeness (QED) is 0.0138. The number of amides is 6. The molecule has 0 aliphatic heterocycles. The summed E-state index contributed by atoms with van der Waals surface area (Å²) in [5.41, 5.74) is 0. The fourth-order valence-corrected chi connectivity index (χ4v) is 9.97. The van der Waals surface area contributed by atoms with Crippen LogP contribution in [-0.4, -0.2) is 114 Å². The number of fused-ring (bicyclic) bond motifs is 6. The third-order valence-electron chi connectivity index (χ3n) is 15.0. The molecular weight excluding hydrogens is 1140 g/mol. The summed E-state index contributed by atoms with van der Waals surface area (Å²) in [7, 11) is 0. The Morgan fingerprint density at radius 2 is 0.367 bits per heavy atom. The number of ether oxygens (including phenoxy) is 6. The zero-order chi connectivity index (χ0) is 64.8. The molecule has 90 heavy (non-hydrogen) atoms. The van der Waals surface area contributed by atoms with Crippen LogP contribution in [0.3, 0.4) is 0 Å². The predicted molar refractivity (Wildman–Crippen MR) is 362 cm³/mol. The fraction of sp³-hybridized carbons (Fsp3) is 0.500. The van der Waals surface area contributed by atoms with Crippen LogP contribution in [0.25, 0.3) is 32.3 Å². The molecule has 0 atom stereocenters. The first kappa shape index (κ1) is 74.2. The van der Waals surface area contributed by atoms with Gasteiger partial charge in [0.2, 0.25) is 35.4 Å². The van der Waals surface area contributed by atoms with E-state index in [1.54, 1.807) is 0 Å². The minimum Gasteiger partial charge on any atom is -0.490 e. The Bertz CT molecular complexity index is 2410. The number of benzene rings is 4. The van der Waals surface area contributed by atoms with Gasteiger partial charge in [0.1, 0.15) is 0 Å². The predicted octanol–water partition coefficient (Wildman–Crippen LogP) is 12.6. The highest BCUT2D eigenvalue weighted by molar-refractivity contribution is 6.27. The van der Waals surface area contributed by atoms with Gasteiger partial charge in [0.05, 0.1) is 39.6 Å². The van der Waals surface area contributed by atoms with Gasteiger partial charge in [0.25, 0.3) is 0 Å². The maximum absolute atomic E-state index is 11.7. The molecule has 0 unspecified atom stereocenters. The lowest BCUT2D eigenvalue weighted by Crippen LogP contribution is -2.21. The Balaban J connectivity index is 1.85. The van der Waals surface area contributed by atoms with Gasteiger partial charge in [-0.25, -0.2) is 0 Å². The minimum absolute atomic E-state index is 0.183. The number of rotatable bonds is 54. The largest absolute Gasteiger partial charge is 0.490 e. The van der Waals surface area contributed by atoms with Crippen molar-refractivity contribution < 1.29 is 57.2 Å². The molecule has 492 valence electrons. The second-order valence-electron chi connectivity index (χ2n) is 22.1. The van der Waals surface area contributed by atoms with Gasteiger partial charge in [-0.2, -0.15) is 0 Å². The minimum atomic E-state index is -0.183. The van der Waals surface area contributed by atoms with E-state index in [1.165, 1.54) is 36.5 Å². The maximum atomic E-state index is 11.7. The molecule has 18 heteroatoms. The van der Waals surface area contributed by atoms with Crippen LogP contribution in [0.1, 0.15) is 154 Å². The van der Waals surface area contributed by atoms with E-state index in [0.29, 0.717) is 113 Å². The zero-order valence-corrected chi connectivity index (χ0v) is 53.5. The Hall–Kier alpha value is -8.28. The first-order valence-electron chi connectivity index (χ1n) is 32.7. The van der Waals surface area contributed by atoms with Crippen molar-refractivity contribution in [1.29, 1.82) is 0 Å². The lowest BCUT2D eigenvalue weighted by molar-refractivity contribution is -0.117. The highest BCUT2D eigenvalue weighted by atomic mass is 16.5. The van der Waals surface area contributed by atoms with E-state index < -0.39 is 0 Å². The van der Waals surface area contributed by atoms with Crippen LogP contribution in [0.15, 0.2) is 112 Å². The van der Waals surface area contributed by atoms with Gasteiger partial charge < -0.3 is 60.3 Å². The summed E-state index contributed by atoms with van der Waals surface area (Å²) >= 11 is 0. The monoisotopic (exact) mass is 1240 g/mol. The van der Waals surface area contributed by atoms with Crippen molar-refractivity contribution in [2.75, 3.05) is 78.9 Å². The Morgan fingerprint density at radius 1 is 0.233 bits per heavy atom. The Kier molecular flexibility index (Phi) is 37.8. The van der Waals surface area contributed by atoms with Crippen molar-refractivity contribution in [2.45, 2.75) is 154 Å². The SMILES string of the molecule is C=CC(=O)NCCCCCCOc1cc2c3cc(OCCCCCCNC(=O)C=C)c(OCCCCCCNC(=O)C=C)cc3c3cc(OCCCCCCNC(=O)C=C)c(OCCCCCCNC(=O)C=C)cc3c2cc1OCCCCCCNC(=O)C=C. The molecular formula is C72H102N6O12. The molecule has 0 bridgehead atoms. The van der Waals surface area contributed by atoms with E-state index in [1.807, 2.05) is 0 Å². The fourth-order valence-electron chi connectivity index (χ4n) is 9.97. The number of unbranched alkanes of at least 4 members (excludes halogenated alkanes) is 18. The van der Waals surface area contributed by atoms with E-state index in [-0.39, 0.29) is 35.4 Å². The molecule has 0 saturated heterocycles. The molecule has 0 fully saturated rings. The van der Waals surface area contributed by atoms with Crippen molar-refractivity contribution in [2.24, 2.45) is 0 Å². The van der Waals surface area contributed by atoms with Crippen LogP contribution in [0.4, 0.5) is 0 Å². The summed E-state index contributed by atoms with van der Waals surface area (Å²) in [6.45, 7) is 27.3. The van der Waals surface area contributed by atoms with E-state index in [9.17, 15) is 28.8 Å². The van der Waals surface area contributed by atoms with Gasteiger partial charge >= 0.3 is 0 Å². The number of nitrogens with one attached hydrogen (secondary N) is 6. The first-order valence-corrected chi connectivity index (χ1v) is 32.7. The van der Waals surface area contributed by atoms with Gasteiger partial charge in [0.15, 0.2) is 34.5 Å². The van der Waals surface area contributed by atoms with Gasteiger partial charge in [-0.05, 0) is 182 Å². The Labute approximate surface area is 534 Å². The highest BCUT2D eigenvalue weighted by Gasteiger charge is 2.21. The number of carbonyl (C=O) groups is 6. The first-order chi connectivity index (χ1) is 44.0. The summed E-state index contributed by atoms with van der Waals surface area (Å²) in [6, 6.07) is 12.5. The second kappa shape index (κ2) is 45.9. The van der Waals surface area contributed by atoms with E-state index in [4.69, 9.17) is 28.4 Å². The van der Waals surface area contributed by atoms with Crippen LogP contribution in [0, 0.1) is 0 Å². The summed E-state index contributed by atoms with van der Waals surface area (Å²) < 4.78 is 40.4. The molecule has 18 nitrogen and oxygen atoms in total. The van der Waals surface area contributed by atoms with Gasteiger partial charge in [-0.15, -0.1) is 0 Å². The molecule has 4 aromatic carbocycles. The molecule has 0 radical (unpaired) electrons. The van der Waals surface area contributed by atoms with Crippen LogP contribution in [-0.2, 0) is 28.8 Å². The number of carbonyl (C=O) groups excluding carboxylic acids is 6. The molecule has 0 aliphatic rings. The standard InChI is InChI=1S/C72H102N6O12/c1-7-67(79)73-37-25-13-19-31-43-85-61-49-55-56(50-62(61)86-44-32-20-14-26-38-74-68(80)8-2)58-52-64(88-46-34-22-16-28-40-76-70(82)10-4)66(90-48-36-24-18-30-42-78-72(84)12-6)54-60(58)59-53-65(89-47-35-23-17-29-41-77-71(83)11-5)63(51-57(55)59)87-45-33-21-15-27-39-75-69(81)9-3/h7-12,49-54H,1-6,13-48H2,(H,73,79)(H,74,80)(H,75,81)(H,76,82)(H,77,83)(H,78,84). The van der Waals surface area contributed by atoms with Gasteiger partial charge in [-0.1, -0.05) is 117 Å². The average molecular weight is 1240 g/mol. The summed E-state index contributed by atoms with van der Waals surface area (Å²) in [4.78, 5) is 70.4. The van der Waals surface area contributed by atoms with Gasteiger partial charge in [-0.3, -0.25) is 28.8 Å². The topological polar surface area (TPSA) is 230 Å². The van der Waals surface area contributed by atoms with E-state index in [2.05, 4.69) is 108 Å². The van der Waals surface area contributed by atoms with Crippen molar-refractivity contribution in [3.05, 3.63) is 112 Å². The molecule has 4 rings (SSSR count). The molecule has 4 aromatic rings. The molecule has 0 saturated carbocycles. The van der Waals surface area contributed by atoms with E-state index >= 15 is 0 Å². The lowest BCUT2D eigenvalue weighted by Gasteiger charge is -2.21. The molecule has 0 aliphatic carbocycles. The smallest absolute Gasteiger partial charge is 0.243 e. The molecule has 6 amide bonds. The highest BCUT2D eigenvalue weighted by Crippen LogP contribution is 2.47. The third kappa shape index (κ3) is 29.4. The van der Waals surface area contributed by atoms with Crippen molar-refractivity contribution in [1.82, 2.24) is 31.9 Å². The molecule has 0 spiro atoms. The summed E-state index contributed by atoms with van der Waals surface area (Å²) in [5.74, 6) is 2.53. The van der Waals surface area contributed by atoms with E-state index in [0.717, 1.165) is 186 Å². The lowest BCUT2D eigenvalue weighted by atomic mass is 9.93. The molecule has 0 aromatic heterocycles. The van der Waals surface area contributed by atoms with Crippen molar-refractivity contribution in [3.8, 4) is 34.5 Å². The van der Waals surface area contributed by atoms with Crippen LogP contribution in [0.2, 0.25) is 0 Å². The number of hydrogen-bond donors (Lipinski definition) is 6. The van der Waals surface area contributed by atoms with Crippen LogP contribution >= 0.6 is 0 Å². The Morgan fingerprint density at radius 3 is 0.500 bits per heavy atom. The normalized spacial score (nSPS) is 10.8. The average Bonchev–Trinajstić information content (AvgIpc) is 0.739. The molecule has 0 heterocycles. The van der Waals surface area contributed by atoms with Crippen molar-refractivity contribution >= 4 is 67.8 Å². The maximum Gasteiger partial charge on any atom is 0.243 e.